The van der Waals surface area contributed by atoms with Gasteiger partial charge in [-0.3, -0.25) is 0 Å². The zero-order valence-electron chi connectivity index (χ0n) is 15.7. The van der Waals surface area contributed by atoms with Crippen molar-refractivity contribution in [2.24, 2.45) is 0 Å². The second kappa shape index (κ2) is 7.67. The maximum atomic E-state index is 4.80. The van der Waals surface area contributed by atoms with Crippen LogP contribution in [-0.2, 0) is 0 Å². The first-order valence-corrected chi connectivity index (χ1v) is 10.8. The van der Waals surface area contributed by atoms with Crippen LogP contribution in [0.15, 0.2) is 35.2 Å². The third-order valence-electron chi connectivity index (χ3n) is 5.71. The SMILES string of the molecule is Brc1cn(C2CCCC2)c2nc(Nc3ccc(N4CCNCC4)cn3)ncc12. The number of hydrogen-bond acceptors (Lipinski definition) is 6. The zero-order valence-corrected chi connectivity index (χ0v) is 17.3. The van der Waals surface area contributed by atoms with Gasteiger partial charge in [0.2, 0.25) is 5.95 Å². The smallest absolute Gasteiger partial charge is 0.230 e. The summed E-state index contributed by atoms with van der Waals surface area (Å²) in [6.07, 6.45) is 11.0. The van der Waals surface area contributed by atoms with E-state index in [-0.39, 0.29) is 0 Å². The Morgan fingerprint density at radius 1 is 1.07 bits per heavy atom. The molecule has 2 aliphatic rings. The van der Waals surface area contributed by atoms with Gasteiger partial charge in [0, 0.05) is 49.1 Å². The summed E-state index contributed by atoms with van der Waals surface area (Å²) in [5.74, 6) is 1.34. The molecule has 146 valence electrons. The van der Waals surface area contributed by atoms with Crippen LogP contribution in [0, 0.1) is 0 Å². The van der Waals surface area contributed by atoms with Gasteiger partial charge in [-0.15, -0.1) is 0 Å². The average Bonchev–Trinajstić information content (AvgIpc) is 3.37. The summed E-state index contributed by atoms with van der Waals surface area (Å²) in [6.45, 7) is 4.07. The van der Waals surface area contributed by atoms with Crippen LogP contribution in [0.2, 0.25) is 0 Å². The van der Waals surface area contributed by atoms with Gasteiger partial charge < -0.3 is 20.1 Å². The molecule has 2 N–H and O–H groups in total. The maximum Gasteiger partial charge on any atom is 0.230 e. The Balaban J connectivity index is 1.38. The number of halogens is 1. The molecule has 1 saturated heterocycles. The fourth-order valence-corrected chi connectivity index (χ4v) is 4.70. The first-order chi connectivity index (χ1) is 13.8. The van der Waals surface area contributed by atoms with Crippen molar-refractivity contribution < 1.29 is 0 Å². The van der Waals surface area contributed by atoms with E-state index in [1.807, 2.05) is 18.5 Å². The van der Waals surface area contributed by atoms with Crippen molar-refractivity contribution in [1.29, 1.82) is 0 Å². The van der Waals surface area contributed by atoms with Gasteiger partial charge in [0.05, 0.1) is 17.3 Å². The number of hydrogen-bond donors (Lipinski definition) is 2. The van der Waals surface area contributed by atoms with Crippen molar-refractivity contribution in [2.45, 2.75) is 31.7 Å². The van der Waals surface area contributed by atoms with E-state index in [0.29, 0.717) is 12.0 Å². The molecule has 28 heavy (non-hydrogen) atoms. The van der Waals surface area contributed by atoms with Crippen LogP contribution in [0.1, 0.15) is 31.7 Å². The lowest BCUT2D eigenvalue weighted by Gasteiger charge is -2.29. The summed E-state index contributed by atoms with van der Waals surface area (Å²) in [7, 11) is 0. The third kappa shape index (κ3) is 3.46. The van der Waals surface area contributed by atoms with Crippen molar-refractivity contribution in [2.75, 3.05) is 36.4 Å². The highest BCUT2D eigenvalue weighted by Gasteiger charge is 2.21. The number of nitrogens with zero attached hydrogens (tertiary/aromatic N) is 5. The molecule has 8 heteroatoms. The Kier molecular flexibility index (Phi) is 4.90. The normalized spacial score (nSPS) is 18.1. The Labute approximate surface area is 172 Å². The van der Waals surface area contributed by atoms with Crippen LogP contribution >= 0.6 is 15.9 Å². The minimum Gasteiger partial charge on any atom is -0.368 e. The fraction of sp³-hybridized carbons (Fsp3) is 0.450. The summed E-state index contributed by atoms with van der Waals surface area (Å²) in [5.41, 5.74) is 2.14. The molecule has 0 aromatic carbocycles. The minimum absolute atomic E-state index is 0.535. The molecular weight excluding hydrogens is 418 g/mol. The number of rotatable bonds is 4. The molecule has 0 unspecified atom stereocenters. The van der Waals surface area contributed by atoms with E-state index >= 15 is 0 Å². The number of aromatic nitrogens is 4. The summed E-state index contributed by atoms with van der Waals surface area (Å²) in [5, 5.41) is 7.69. The Morgan fingerprint density at radius 3 is 2.64 bits per heavy atom. The molecule has 1 aliphatic heterocycles. The Morgan fingerprint density at radius 2 is 1.89 bits per heavy atom. The first kappa shape index (κ1) is 17.9. The van der Waals surface area contributed by atoms with E-state index in [4.69, 9.17) is 4.98 Å². The molecule has 0 spiro atoms. The maximum absolute atomic E-state index is 4.80. The second-order valence-electron chi connectivity index (χ2n) is 7.52. The standard InChI is InChI=1S/C20H24BrN7/c21-17-13-28(14-3-1-2-4-14)19-16(17)12-24-20(26-19)25-18-6-5-15(11-23-18)27-9-7-22-8-10-27/h5-6,11-14,22H,1-4,7-10H2,(H,23,24,25,26). The highest BCUT2D eigenvalue weighted by atomic mass is 79.9. The molecule has 4 heterocycles. The summed E-state index contributed by atoms with van der Waals surface area (Å²) < 4.78 is 3.36. The molecule has 0 bridgehead atoms. The van der Waals surface area contributed by atoms with Crippen LogP contribution in [0.3, 0.4) is 0 Å². The third-order valence-corrected chi connectivity index (χ3v) is 6.34. The van der Waals surface area contributed by atoms with Crippen molar-refractivity contribution in [1.82, 2.24) is 24.8 Å². The highest BCUT2D eigenvalue weighted by Crippen LogP contribution is 2.35. The number of nitrogens with one attached hydrogen (secondary N) is 2. The molecule has 7 nitrogen and oxygen atoms in total. The minimum atomic E-state index is 0.535. The molecular formula is C20H24BrN7. The van der Waals surface area contributed by atoms with E-state index in [1.165, 1.54) is 25.7 Å². The summed E-state index contributed by atoms with van der Waals surface area (Å²) in [6, 6.07) is 4.64. The lowest BCUT2D eigenvalue weighted by atomic mass is 10.2. The van der Waals surface area contributed by atoms with Crippen molar-refractivity contribution >= 4 is 44.4 Å². The number of anilines is 3. The Bertz CT molecular complexity index is 957. The van der Waals surface area contributed by atoms with Crippen LogP contribution in [0.5, 0.6) is 0 Å². The van der Waals surface area contributed by atoms with Gasteiger partial charge in [0.15, 0.2) is 0 Å². The predicted octanol–water partition coefficient (Wildman–Crippen LogP) is 3.86. The molecule has 3 aromatic heterocycles. The van der Waals surface area contributed by atoms with Crippen molar-refractivity contribution in [3.63, 3.8) is 0 Å². The van der Waals surface area contributed by atoms with Crippen LogP contribution in [-0.4, -0.2) is 45.7 Å². The zero-order chi connectivity index (χ0) is 18.9. The molecule has 3 aromatic rings. The average molecular weight is 442 g/mol. The van der Waals surface area contributed by atoms with E-state index in [9.17, 15) is 0 Å². The lowest BCUT2D eigenvalue weighted by molar-refractivity contribution is 0.532. The van der Waals surface area contributed by atoms with Gasteiger partial charge in [-0.05, 0) is 40.9 Å². The monoisotopic (exact) mass is 441 g/mol. The summed E-state index contributed by atoms with van der Waals surface area (Å²) >= 11 is 3.66. The lowest BCUT2D eigenvalue weighted by Crippen LogP contribution is -2.43. The number of piperazine rings is 1. The van der Waals surface area contributed by atoms with Gasteiger partial charge >= 0.3 is 0 Å². The summed E-state index contributed by atoms with van der Waals surface area (Å²) in [4.78, 5) is 16.2. The topological polar surface area (TPSA) is 70.9 Å². The van der Waals surface area contributed by atoms with Crippen molar-refractivity contribution in [3.8, 4) is 0 Å². The molecule has 5 rings (SSSR count). The van der Waals surface area contributed by atoms with E-state index in [2.05, 4.69) is 58.3 Å². The quantitative estimate of drug-likeness (QED) is 0.640. The Hall–Kier alpha value is -2.19. The molecule has 0 radical (unpaired) electrons. The van der Waals surface area contributed by atoms with Crippen molar-refractivity contribution in [3.05, 3.63) is 35.2 Å². The van der Waals surface area contributed by atoms with Gasteiger partial charge in [-0.1, -0.05) is 12.8 Å². The molecule has 0 amide bonds. The molecule has 1 aliphatic carbocycles. The van der Waals surface area contributed by atoms with E-state index < -0.39 is 0 Å². The first-order valence-electron chi connectivity index (χ1n) is 10.00. The second-order valence-corrected chi connectivity index (χ2v) is 8.37. The van der Waals surface area contributed by atoms with Crippen LogP contribution in [0.25, 0.3) is 11.0 Å². The van der Waals surface area contributed by atoms with Gasteiger partial charge in [-0.25, -0.2) is 9.97 Å². The largest absolute Gasteiger partial charge is 0.368 e. The molecule has 0 atom stereocenters. The van der Waals surface area contributed by atoms with Gasteiger partial charge in [0.1, 0.15) is 11.5 Å². The highest BCUT2D eigenvalue weighted by molar-refractivity contribution is 9.10. The van der Waals surface area contributed by atoms with Gasteiger partial charge in [0.25, 0.3) is 0 Å². The fourth-order valence-electron chi connectivity index (χ4n) is 4.20. The van der Waals surface area contributed by atoms with E-state index in [0.717, 1.165) is 53.2 Å². The van der Waals surface area contributed by atoms with Crippen LogP contribution in [0.4, 0.5) is 17.5 Å². The molecule has 2 fully saturated rings. The van der Waals surface area contributed by atoms with Gasteiger partial charge in [-0.2, -0.15) is 4.98 Å². The molecule has 1 saturated carbocycles. The van der Waals surface area contributed by atoms with E-state index in [1.54, 1.807) is 0 Å². The number of fused-ring (bicyclic) bond motifs is 1. The predicted molar refractivity (Wildman–Crippen MR) is 115 cm³/mol. The number of pyridine rings is 1. The van der Waals surface area contributed by atoms with Crippen LogP contribution < -0.4 is 15.5 Å².